The fourth-order valence-electron chi connectivity index (χ4n) is 10.3. The van der Waals surface area contributed by atoms with Gasteiger partial charge in [-0.25, -0.2) is 8.37 Å². The summed E-state index contributed by atoms with van der Waals surface area (Å²) in [5.41, 5.74) is -3.52. The molecule has 5 rings (SSSR count). The second-order valence-electron chi connectivity index (χ2n) is 15.3. The molecule has 0 aromatic carbocycles. The van der Waals surface area contributed by atoms with Crippen LogP contribution in [-0.4, -0.2) is 114 Å². The summed E-state index contributed by atoms with van der Waals surface area (Å²) in [5, 5.41) is 42.9. The molecule has 0 amide bonds. The maximum Gasteiger partial charge on any atom is 0.397 e. The Balaban J connectivity index is 1.59. The van der Waals surface area contributed by atoms with E-state index in [1.807, 2.05) is 0 Å². The maximum atomic E-state index is 13.1. The standard InChI is InChI=1S/C31H46O18S2/c1-14(2)9-21(33)47-24-23(49-51(42,43)44)22(48-50(39,40)41)18(13-32)46-26(24)45-17-11-29(4)19-6-5-16-10-30(19,25(34)15(16)3)8-7-20(29)31(12-17,27(35)36)28(37)38/h14,16-20,22-26,32,34H,3,5-13H2,1-2,4H3,(H,35,36)(H,37,38)(H,39,40,41)(H,42,43,44)/t16-,17-,18+,19-,20?,22+,23-,24+,25-,26+,29-,30+/m0/s1. The first kappa shape index (κ1) is 39.9. The predicted molar refractivity (Wildman–Crippen MR) is 169 cm³/mol. The third-order valence-corrected chi connectivity index (χ3v) is 12.9. The maximum absolute atomic E-state index is 13.1. The van der Waals surface area contributed by atoms with Gasteiger partial charge in [0, 0.05) is 18.3 Å². The van der Waals surface area contributed by atoms with Crippen LogP contribution >= 0.6 is 0 Å². The van der Waals surface area contributed by atoms with Gasteiger partial charge in [0.25, 0.3) is 0 Å². The summed E-state index contributed by atoms with van der Waals surface area (Å²) >= 11 is 0. The Bertz CT molecular complexity index is 1610. The van der Waals surface area contributed by atoms with Crippen molar-refractivity contribution in [3.63, 3.8) is 0 Å². The summed E-state index contributed by atoms with van der Waals surface area (Å²) in [7, 11) is -11.0. The van der Waals surface area contributed by atoms with Gasteiger partial charge < -0.3 is 34.6 Å². The van der Waals surface area contributed by atoms with Crippen LogP contribution in [0.15, 0.2) is 12.2 Å². The number of carboxylic acid groups (broad SMARTS) is 2. The van der Waals surface area contributed by atoms with Crippen LogP contribution in [0.25, 0.3) is 0 Å². The fourth-order valence-corrected chi connectivity index (χ4v) is 11.3. The summed E-state index contributed by atoms with van der Waals surface area (Å²) in [4.78, 5) is 39.3. The molecule has 18 nitrogen and oxygen atoms in total. The van der Waals surface area contributed by atoms with Crippen LogP contribution in [0.3, 0.4) is 0 Å². The van der Waals surface area contributed by atoms with E-state index < -0.39 is 117 Å². The quantitative estimate of drug-likeness (QED) is 0.0533. The molecule has 4 saturated carbocycles. The Morgan fingerprint density at radius 3 is 2.08 bits per heavy atom. The van der Waals surface area contributed by atoms with E-state index >= 15 is 0 Å². The van der Waals surface area contributed by atoms with Gasteiger partial charge in [0.1, 0.15) is 12.2 Å². The van der Waals surface area contributed by atoms with Crippen molar-refractivity contribution in [2.75, 3.05) is 6.61 Å². The third-order valence-electron chi connectivity index (χ3n) is 12.0. The Kier molecular flexibility index (Phi) is 10.8. The molecule has 1 heterocycles. The molecule has 290 valence electrons. The number of aliphatic carboxylic acids is 2. The number of carbonyl (C=O) groups excluding carboxylic acids is 1. The van der Waals surface area contributed by atoms with Crippen LogP contribution in [-0.2, 0) is 57.8 Å². The minimum atomic E-state index is -5.51. The summed E-state index contributed by atoms with van der Waals surface area (Å²) < 4.78 is 93.4. The highest BCUT2D eigenvalue weighted by molar-refractivity contribution is 7.81. The smallest absolute Gasteiger partial charge is 0.397 e. The first-order chi connectivity index (χ1) is 23.5. The van der Waals surface area contributed by atoms with E-state index in [1.54, 1.807) is 20.8 Å². The minimum absolute atomic E-state index is 0.00133. The average Bonchev–Trinajstić information content (AvgIpc) is 3.16. The summed E-state index contributed by atoms with van der Waals surface area (Å²) in [6.07, 6.45) is -11.5. The van der Waals surface area contributed by atoms with E-state index in [9.17, 15) is 60.8 Å². The van der Waals surface area contributed by atoms with Gasteiger partial charge in [0.15, 0.2) is 23.9 Å². The zero-order chi connectivity index (χ0) is 38.1. The summed E-state index contributed by atoms with van der Waals surface area (Å²) in [6, 6.07) is 0. The number of esters is 1. The van der Waals surface area contributed by atoms with E-state index in [4.69, 9.17) is 18.4 Å². The van der Waals surface area contributed by atoms with Crippen molar-refractivity contribution in [1.82, 2.24) is 0 Å². The molecule has 20 heteroatoms. The van der Waals surface area contributed by atoms with Gasteiger partial charge in [0.05, 0.1) is 18.8 Å². The molecule has 0 radical (unpaired) electrons. The van der Waals surface area contributed by atoms with Crippen molar-refractivity contribution < 1.29 is 83.3 Å². The number of aliphatic hydroxyl groups is 2. The molecular formula is C31H46O18S2. The van der Waals surface area contributed by atoms with E-state index in [-0.39, 0.29) is 37.0 Å². The first-order valence-electron chi connectivity index (χ1n) is 16.7. The summed E-state index contributed by atoms with van der Waals surface area (Å²) in [6.45, 7) is 8.03. The lowest BCUT2D eigenvalue weighted by Crippen LogP contribution is -2.67. The molecular weight excluding hydrogens is 724 g/mol. The Hall–Kier alpha value is -2.27. The number of fused-ring (bicyclic) bond motifs is 3. The molecule has 12 atom stereocenters. The van der Waals surface area contributed by atoms with E-state index in [2.05, 4.69) is 10.8 Å². The van der Waals surface area contributed by atoms with Gasteiger partial charge in [0.2, 0.25) is 0 Å². The molecule has 5 aliphatic rings. The van der Waals surface area contributed by atoms with Crippen molar-refractivity contribution in [3.8, 4) is 0 Å². The molecule has 5 fully saturated rings. The van der Waals surface area contributed by atoms with Gasteiger partial charge in [-0.15, -0.1) is 0 Å². The first-order valence-corrected chi connectivity index (χ1v) is 19.5. The van der Waals surface area contributed by atoms with E-state index in [1.165, 1.54) is 0 Å². The van der Waals surface area contributed by atoms with Gasteiger partial charge >= 0.3 is 38.7 Å². The average molecular weight is 771 g/mol. The van der Waals surface area contributed by atoms with E-state index in [0.29, 0.717) is 31.3 Å². The molecule has 6 N–H and O–H groups in total. The van der Waals surface area contributed by atoms with Gasteiger partial charge in [-0.1, -0.05) is 27.4 Å². The molecule has 0 aromatic heterocycles. The lowest BCUT2D eigenvalue weighted by molar-refractivity contribution is -0.318. The van der Waals surface area contributed by atoms with Crippen LogP contribution < -0.4 is 0 Å². The Morgan fingerprint density at radius 1 is 0.922 bits per heavy atom. The zero-order valence-corrected chi connectivity index (χ0v) is 30.0. The molecule has 4 aliphatic carbocycles. The van der Waals surface area contributed by atoms with Crippen LogP contribution in [0.5, 0.6) is 0 Å². The van der Waals surface area contributed by atoms with Crippen LogP contribution in [0.2, 0.25) is 0 Å². The molecule has 1 saturated heterocycles. The third kappa shape index (κ3) is 7.20. The molecule has 1 spiro atoms. The van der Waals surface area contributed by atoms with Gasteiger partial charge in [-0.05, 0) is 73.2 Å². The Labute approximate surface area is 295 Å². The number of rotatable bonds is 12. The highest BCUT2D eigenvalue weighted by Crippen LogP contribution is 2.72. The molecule has 2 bridgehead atoms. The van der Waals surface area contributed by atoms with Crippen LogP contribution in [0.4, 0.5) is 0 Å². The van der Waals surface area contributed by atoms with Crippen LogP contribution in [0.1, 0.15) is 72.1 Å². The largest absolute Gasteiger partial charge is 0.480 e. The number of carbonyl (C=O) groups is 3. The Morgan fingerprint density at radius 2 is 1.53 bits per heavy atom. The molecule has 51 heavy (non-hydrogen) atoms. The van der Waals surface area contributed by atoms with Crippen molar-refractivity contribution in [1.29, 1.82) is 0 Å². The van der Waals surface area contributed by atoms with Crippen molar-refractivity contribution in [2.24, 2.45) is 39.9 Å². The molecule has 1 unspecified atom stereocenters. The van der Waals surface area contributed by atoms with Crippen molar-refractivity contribution >= 4 is 38.7 Å². The van der Waals surface area contributed by atoms with E-state index in [0.717, 1.165) is 0 Å². The molecule has 0 aromatic rings. The number of hydrogen-bond acceptors (Lipinski definition) is 14. The second-order valence-corrected chi connectivity index (χ2v) is 17.4. The van der Waals surface area contributed by atoms with Gasteiger partial charge in [-0.3, -0.25) is 23.5 Å². The lowest BCUT2D eigenvalue weighted by Gasteiger charge is -2.64. The highest BCUT2D eigenvalue weighted by atomic mass is 32.3. The number of ether oxygens (including phenoxy) is 3. The highest BCUT2D eigenvalue weighted by Gasteiger charge is 2.72. The predicted octanol–water partition coefficient (Wildman–Crippen LogP) is 1.12. The second kappa shape index (κ2) is 13.9. The summed E-state index contributed by atoms with van der Waals surface area (Å²) in [5.74, 6) is -5.84. The SMILES string of the molecule is C=C1[C@H]2CC[C@@H]3[C@@](CCC4C(C(=O)O)(C(=O)O)C[C@@H](O[C@@H]5O[C@H](CO)[C@@H](OS(=O)(=O)O)[C@H](OS(=O)(=O)O)[C@H]5OC(=O)CC(C)C)C[C@]43C)(C2)[C@H]1O. The normalized spacial score (nSPS) is 40.7. The monoisotopic (exact) mass is 770 g/mol. The number of carboxylic acids is 2. The molecule has 1 aliphatic heterocycles. The number of aliphatic hydroxyl groups excluding tert-OH is 2. The zero-order valence-electron chi connectivity index (χ0n) is 28.3. The van der Waals surface area contributed by atoms with Crippen molar-refractivity contribution in [3.05, 3.63) is 12.2 Å². The van der Waals surface area contributed by atoms with Crippen molar-refractivity contribution in [2.45, 2.75) is 115 Å². The van der Waals surface area contributed by atoms with Gasteiger partial charge in [-0.2, -0.15) is 16.8 Å². The fraction of sp³-hybridized carbons (Fsp3) is 0.839. The number of hydrogen-bond donors (Lipinski definition) is 6. The lowest BCUT2D eigenvalue weighted by atomic mass is 9.40. The topological polar surface area (TPSA) is 287 Å². The van der Waals surface area contributed by atoms with Crippen LogP contribution in [0, 0.1) is 39.9 Å². The minimum Gasteiger partial charge on any atom is -0.480 e.